The molecule has 118 valence electrons. The van der Waals surface area contributed by atoms with Crippen LogP contribution in [0.15, 0.2) is 34.3 Å². The number of nitrogens with zero attached hydrogens (tertiary/aromatic N) is 1. The second kappa shape index (κ2) is 4.81. The molecule has 0 saturated heterocycles. The number of allylic oxidation sites excluding steroid dienone is 2. The van der Waals surface area contributed by atoms with Crippen LogP contribution in [0.1, 0.15) is 52.2 Å². The minimum atomic E-state index is 0.277. The number of aryl methyl sites for hydroxylation is 2. The van der Waals surface area contributed by atoms with E-state index in [4.69, 9.17) is 4.99 Å². The third-order valence-electron chi connectivity index (χ3n) is 7.32. The quantitative estimate of drug-likeness (QED) is 0.467. The van der Waals surface area contributed by atoms with Crippen LogP contribution in [-0.2, 0) is 0 Å². The molecule has 3 rings (SSSR count). The van der Waals surface area contributed by atoms with Gasteiger partial charge in [0.05, 0.1) is 5.69 Å². The molecule has 0 N–H and O–H groups in total. The first-order valence-electron chi connectivity index (χ1n) is 8.51. The van der Waals surface area contributed by atoms with Crippen LogP contribution in [0, 0.1) is 36.5 Å². The number of hydrogen-bond donors (Lipinski definition) is 0. The molecule has 0 spiro atoms. The Hall–Kier alpha value is -1.37. The van der Waals surface area contributed by atoms with Gasteiger partial charge < -0.3 is 0 Å². The molecule has 1 saturated carbocycles. The lowest BCUT2D eigenvalue weighted by Crippen LogP contribution is -2.28. The number of aliphatic imine (C=N–C) groups is 1. The summed E-state index contributed by atoms with van der Waals surface area (Å²) in [6, 6.07) is 6.42. The van der Waals surface area contributed by atoms with Crippen LogP contribution in [0.4, 0.5) is 5.69 Å². The number of fused-ring (bicyclic) bond motifs is 2. The number of benzene rings is 1. The molecule has 0 amide bonds. The minimum Gasteiger partial charge on any atom is -0.260 e. The van der Waals surface area contributed by atoms with Crippen molar-refractivity contribution in [1.82, 2.24) is 0 Å². The van der Waals surface area contributed by atoms with E-state index in [1.165, 1.54) is 17.5 Å². The second-order valence-electron chi connectivity index (χ2n) is 8.00. The average Bonchev–Trinajstić information content (AvgIpc) is 2.74. The van der Waals surface area contributed by atoms with Crippen molar-refractivity contribution in [3.05, 3.63) is 40.5 Å². The summed E-state index contributed by atoms with van der Waals surface area (Å²) < 4.78 is 0. The van der Waals surface area contributed by atoms with Crippen molar-refractivity contribution in [2.24, 2.45) is 27.7 Å². The van der Waals surface area contributed by atoms with Gasteiger partial charge in [-0.15, -0.1) is 0 Å². The first-order chi connectivity index (χ1) is 10.2. The van der Waals surface area contributed by atoms with Crippen molar-refractivity contribution < 1.29 is 0 Å². The van der Waals surface area contributed by atoms with Crippen molar-refractivity contribution in [3.63, 3.8) is 0 Å². The standard InChI is InChI=1S/C21H29N/c1-13-9-8-10-14(2)19(13)22-12-18-11-20(6)15(3)16(4)21(18,7)17(20)5/h8-10,12,17-18H,11H2,1-7H3/b22-12+. The molecule has 4 atom stereocenters. The zero-order valence-electron chi connectivity index (χ0n) is 15.1. The Balaban J connectivity index is 1.98. The maximum Gasteiger partial charge on any atom is 0.0684 e. The summed E-state index contributed by atoms with van der Waals surface area (Å²) in [5.74, 6) is 1.25. The first kappa shape index (κ1) is 15.5. The van der Waals surface area contributed by atoms with Crippen LogP contribution < -0.4 is 0 Å². The predicted molar refractivity (Wildman–Crippen MR) is 95.9 cm³/mol. The Morgan fingerprint density at radius 3 is 2.14 bits per heavy atom. The lowest BCUT2D eigenvalue weighted by atomic mass is 9.71. The van der Waals surface area contributed by atoms with E-state index in [1.807, 2.05) is 0 Å². The van der Waals surface area contributed by atoms with Gasteiger partial charge in [0.15, 0.2) is 0 Å². The van der Waals surface area contributed by atoms with Gasteiger partial charge in [0.1, 0.15) is 0 Å². The fraction of sp³-hybridized carbons (Fsp3) is 0.571. The second-order valence-corrected chi connectivity index (χ2v) is 8.00. The zero-order valence-corrected chi connectivity index (χ0v) is 15.1. The monoisotopic (exact) mass is 295 g/mol. The van der Waals surface area contributed by atoms with E-state index < -0.39 is 0 Å². The molecule has 1 fully saturated rings. The average molecular weight is 295 g/mol. The third kappa shape index (κ3) is 1.81. The minimum absolute atomic E-state index is 0.277. The van der Waals surface area contributed by atoms with Crippen molar-refractivity contribution in [1.29, 1.82) is 0 Å². The molecule has 1 aromatic rings. The van der Waals surface area contributed by atoms with Gasteiger partial charge in [-0.25, -0.2) is 0 Å². The maximum atomic E-state index is 4.93. The zero-order chi connectivity index (χ0) is 16.3. The van der Waals surface area contributed by atoms with Crippen LogP contribution in [0.2, 0.25) is 0 Å². The largest absolute Gasteiger partial charge is 0.260 e. The van der Waals surface area contributed by atoms with Gasteiger partial charge in [-0.2, -0.15) is 0 Å². The lowest BCUT2D eigenvalue weighted by Gasteiger charge is -2.33. The van der Waals surface area contributed by atoms with Crippen molar-refractivity contribution in [2.45, 2.75) is 54.9 Å². The topological polar surface area (TPSA) is 12.4 Å². The maximum absolute atomic E-state index is 4.93. The molecule has 1 heteroatoms. The summed E-state index contributed by atoms with van der Waals surface area (Å²) in [5, 5.41) is 0. The van der Waals surface area contributed by atoms with Gasteiger partial charge in [-0.05, 0) is 62.0 Å². The fourth-order valence-corrected chi connectivity index (χ4v) is 5.12. The fourth-order valence-electron chi connectivity index (χ4n) is 5.12. The normalized spacial score (nSPS) is 37.6. The molecule has 0 heterocycles. The molecular weight excluding hydrogens is 266 g/mol. The summed E-state index contributed by atoms with van der Waals surface area (Å²) in [5.41, 5.74) is 7.56. The molecule has 4 unspecified atom stereocenters. The van der Waals surface area contributed by atoms with Crippen LogP contribution >= 0.6 is 0 Å². The molecule has 2 bridgehead atoms. The molecule has 2 aliphatic carbocycles. The SMILES string of the molecule is CC1=C(C)C2(C)C(/C=N/c3c(C)cccc3C)CC1(C)C2C. The Labute approximate surface area is 135 Å². The van der Waals surface area contributed by atoms with Crippen LogP contribution in [0.5, 0.6) is 0 Å². The molecule has 0 aromatic heterocycles. The Bertz CT molecular complexity index is 661. The van der Waals surface area contributed by atoms with Crippen molar-refractivity contribution in [3.8, 4) is 0 Å². The molecule has 2 aliphatic rings. The van der Waals surface area contributed by atoms with E-state index in [0.717, 1.165) is 5.69 Å². The van der Waals surface area contributed by atoms with Gasteiger partial charge in [-0.1, -0.05) is 50.1 Å². The summed E-state index contributed by atoms with van der Waals surface area (Å²) in [7, 11) is 0. The van der Waals surface area contributed by atoms with E-state index in [0.29, 0.717) is 17.3 Å². The smallest absolute Gasteiger partial charge is 0.0684 e. The van der Waals surface area contributed by atoms with Crippen LogP contribution in [0.25, 0.3) is 0 Å². The third-order valence-corrected chi connectivity index (χ3v) is 7.32. The van der Waals surface area contributed by atoms with Gasteiger partial charge in [0.25, 0.3) is 0 Å². The summed E-state index contributed by atoms with van der Waals surface area (Å²) in [6.45, 7) is 16.3. The predicted octanol–water partition coefficient (Wildman–Crippen LogP) is 6.02. The van der Waals surface area contributed by atoms with Gasteiger partial charge in [-0.3, -0.25) is 4.99 Å². The van der Waals surface area contributed by atoms with E-state index in [2.05, 4.69) is 72.9 Å². The van der Waals surface area contributed by atoms with Gasteiger partial charge >= 0.3 is 0 Å². The molecule has 0 radical (unpaired) electrons. The van der Waals surface area contributed by atoms with E-state index in [-0.39, 0.29) is 5.41 Å². The molecular formula is C21H29N. The Morgan fingerprint density at radius 1 is 1.05 bits per heavy atom. The number of para-hydroxylation sites is 1. The highest BCUT2D eigenvalue weighted by Crippen LogP contribution is 2.69. The Morgan fingerprint density at radius 2 is 1.64 bits per heavy atom. The Kier molecular flexibility index (Phi) is 3.39. The highest BCUT2D eigenvalue weighted by atomic mass is 14.8. The lowest BCUT2D eigenvalue weighted by molar-refractivity contribution is 0.241. The molecule has 1 nitrogen and oxygen atoms in total. The highest BCUT2D eigenvalue weighted by Gasteiger charge is 2.61. The van der Waals surface area contributed by atoms with E-state index in [1.54, 1.807) is 11.1 Å². The molecule has 0 aliphatic heterocycles. The van der Waals surface area contributed by atoms with Gasteiger partial charge in [0, 0.05) is 12.1 Å². The summed E-state index contributed by atoms with van der Waals surface area (Å²) >= 11 is 0. The number of hydrogen-bond acceptors (Lipinski definition) is 1. The van der Waals surface area contributed by atoms with Crippen molar-refractivity contribution >= 4 is 11.9 Å². The van der Waals surface area contributed by atoms with Crippen molar-refractivity contribution in [2.75, 3.05) is 0 Å². The summed E-state index contributed by atoms with van der Waals surface area (Å²) in [6.07, 6.45) is 3.50. The van der Waals surface area contributed by atoms with E-state index in [9.17, 15) is 0 Å². The molecule has 22 heavy (non-hydrogen) atoms. The summed E-state index contributed by atoms with van der Waals surface area (Å²) in [4.78, 5) is 4.93. The first-order valence-corrected chi connectivity index (χ1v) is 8.51. The van der Waals surface area contributed by atoms with E-state index >= 15 is 0 Å². The molecule has 1 aromatic carbocycles. The number of rotatable bonds is 2. The van der Waals surface area contributed by atoms with Gasteiger partial charge in [0.2, 0.25) is 0 Å². The van der Waals surface area contributed by atoms with Crippen LogP contribution in [0.3, 0.4) is 0 Å². The highest BCUT2D eigenvalue weighted by molar-refractivity contribution is 5.72. The van der Waals surface area contributed by atoms with Crippen LogP contribution in [-0.4, -0.2) is 6.21 Å².